The Labute approximate surface area is 143 Å². The maximum atomic E-state index is 12.4. The molecule has 1 fully saturated rings. The van der Waals surface area contributed by atoms with E-state index in [2.05, 4.69) is 10.3 Å². The number of carbonyl (C=O) groups excluding carboxylic acids is 2. The number of methoxy groups -OCH3 is 2. The fourth-order valence-corrected chi connectivity index (χ4v) is 3.15. The molecule has 2 amide bonds. The lowest BCUT2D eigenvalue weighted by molar-refractivity contribution is -0.122. The number of hydrogen-bond donors (Lipinski definition) is 1. The highest BCUT2D eigenvalue weighted by Crippen LogP contribution is 2.36. The molecule has 126 valence electrons. The van der Waals surface area contributed by atoms with Gasteiger partial charge in [-0.25, -0.2) is 4.98 Å². The van der Waals surface area contributed by atoms with Crippen molar-refractivity contribution in [2.24, 2.45) is 5.92 Å². The molecule has 0 aliphatic carbocycles. The second kappa shape index (κ2) is 6.88. The Balaban J connectivity index is 1.76. The molecular formula is C16H17N3O4S. The minimum absolute atomic E-state index is 0.113. The predicted octanol–water partition coefficient (Wildman–Crippen LogP) is 2.15. The number of carbonyl (C=O) groups is 2. The molecule has 1 saturated heterocycles. The van der Waals surface area contributed by atoms with E-state index in [1.165, 1.54) is 18.4 Å². The van der Waals surface area contributed by atoms with E-state index in [-0.39, 0.29) is 18.2 Å². The topological polar surface area (TPSA) is 80.8 Å². The number of aromatic nitrogens is 1. The van der Waals surface area contributed by atoms with Crippen LogP contribution < -0.4 is 19.7 Å². The quantitative estimate of drug-likeness (QED) is 0.896. The van der Waals surface area contributed by atoms with E-state index in [0.717, 1.165) is 0 Å². The van der Waals surface area contributed by atoms with Crippen molar-refractivity contribution in [2.75, 3.05) is 31.0 Å². The number of amides is 2. The number of hydrogen-bond acceptors (Lipinski definition) is 6. The summed E-state index contributed by atoms with van der Waals surface area (Å²) < 4.78 is 10.5. The molecule has 1 aromatic heterocycles. The maximum absolute atomic E-state index is 12.4. The van der Waals surface area contributed by atoms with Gasteiger partial charge in [0.25, 0.3) is 0 Å². The molecule has 1 aliphatic rings. The number of ether oxygens (including phenoxy) is 2. The van der Waals surface area contributed by atoms with Gasteiger partial charge in [-0.2, -0.15) is 0 Å². The lowest BCUT2D eigenvalue weighted by Gasteiger charge is -2.20. The van der Waals surface area contributed by atoms with Crippen LogP contribution in [-0.2, 0) is 9.59 Å². The standard InChI is InChI=1S/C16H17N3O4S/c1-22-11-3-4-12(13(8-11)23-2)19-9-10(7-14(19)20)15(21)18-16-17-5-6-24-16/h3-6,8,10H,7,9H2,1-2H3,(H,17,18,21). The van der Waals surface area contributed by atoms with Crippen LogP contribution in [0.1, 0.15) is 6.42 Å². The molecular weight excluding hydrogens is 330 g/mol. The number of benzene rings is 1. The number of nitrogens with zero attached hydrogens (tertiary/aromatic N) is 2. The van der Waals surface area contributed by atoms with Gasteiger partial charge in [0.05, 0.1) is 25.8 Å². The van der Waals surface area contributed by atoms with Crippen LogP contribution >= 0.6 is 11.3 Å². The predicted molar refractivity (Wildman–Crippen MR) is 90.7 cm³/mol. The van der Waals surface area contributed by atoms with Gasteiger partial charge in [-0.1, -0.05) is 0 Å². The molecule has 1 aromatic carbocycles. The fraction of sp³-hybridized carbons (Fsp3) is 0.312. The van der Waals surface area contributed by atoms with Crippen LogP contribution in [0.5, 0.6) is 11.5 Å². The smallest absolute Gasteiger partial charge is 0.231 e. The molecule has 0 spiro atoms. The molecule has 8 heteroatoms. The molecule has 2 heterocycles. The molecule has 7 nitrogen and oxygen atoms in total. The van der Waals surface area contributed by atoms with E-state index < -0.39 is 5.92 Å². The highest BCUT2D eigenvalue weighted by molar-refractivity contribution is 7.13. The largest absolute Gasteiger partial charge is 0.497 e. The summed E-state index contributed by atoms with van der Waals surface area (Å²) in [5.74, 6) is 0.434. The minimum atomic E-state index is -0.423. The number of rotatable bonds is 5. The van der Waals surface area contributed by atoms with E-state index in [0.29, 0.717) is 28.9 Å². The van der Waals surface area contributed by atoms with Crippen molar-refractivity contribution < 1.29 is 19.1 Å². The van der Waals surface area contributed by atoms with Gasteiger partial charge in [0.1, 0.15) is 11.5 Å². The fourth-order valence-electron chi connectivity index (χ4n) is 2.62. The molecule has 1 N–H and O–H groups in total. The Morgan fingerprint density at radius 3 is 2.88 bits per heavy atom. The summed E-state index contributed by atoms with van der Waals surface area (Å²) in [7, 11) is 3.10. The third-order valence-corrected chi connectivity index (χ3v) is 4.52. The van der Waals surface area contributed by atoms with E-state index in [1.54, 1.807) is 41.8 Å². The third-order valence-electron chi connectivity index (χ3n) is 3.84. The Kier molecular flexibility index (Phi) is 4.66. The summed E-state index contributed by atoms with van der Waals surface area (Å²) in [6.45, 7) is 0.304. The van der Waals surface area contributed by atoms with Crippen molar-refractivity contribution in [1.29, 1.82) is 0 Å². The molecule has 2 aromatic rings. The highest BCUT2D eigenvalue weighted by atomic mass is 32.1. The van der Waals surface area contributed by atoms with E-state index in [1.807, 2.05) is 0 Å². The van der Waals surface area contributed by atoms with Gasteiger partial charge in [0.15, 0.2) is 5.13 Å². The number of thiazole rings is 1. The van der Waals surface area contributed by atoms with Crippen LogP contribution in [-0.4, -0.2) is 37.6 Å². The molecule has 0 bridgehead atoms. The number of anilines is 2. The summed E-state index contributed by atoms with van der Waals surface area (Å²) in [6.07, 6.45) is 1.78. The molecule has 1 aliphatic heterocycles. The van der Waals surface area contributed by atoms with Crippen LogP contribution in [0.2, 0.25) is 0 Å². The Bertz CT molecular complexity index is 748. The lowest BCUT2D eigenvalue weighted by atomic mass is 10.1. The van der Waals surface area contributed by atoms with Crippen molar-refractivity contribution in [2.45, 2.75) is 6.42 Å². The summed E-state index contributed by atoms with van der Waals surface area (Å²) in [5, 5.41) is 5.06. The Morgan fingerprint density at radius 1 is 1.38 bits per heavy atom. The van der Waals surface area contributed by atoms with Gasteiger partial charge in [-0.05, 0) is 12.1 Å². The van der Waals surface area contributed by atoms with E-state index >= 15 is 0 Å². The SMILES string of the molecule is COc1ccc(N2CC(C(=O)Nc3nccs3)CC2=O)c(OC)c1. The van der Waals surface area contributed by atoms with E-state index in [9.17, 15) is 9.59 Å². The molecule has 0 radical (unpaired) electrons. The Hall–Kier alpha value is -2.61. The zero-order chi connectivity index (χ0) is 17.1. The normalized spacial score (nSPS) is 17.0. The summed E-state index contributed by atoms with van der Waals surface area (Å²) in [5.41, 5.74) is 0.632. The molecule has 1 unspecified atom stereocenters. The minimum Gasteiger partial charge on any atom is -0.497 e. The molecule has 24 heavy (non-hydrogen) atoms. The molecule has 1 atom stereocenters. The van der Waals surface area contributed by atoms with Gasteiger partial charge < -0.3 is 19.7 Å². The van der Waals surface area contributed by atoms with Crippen molar-refractivity contribution in [1.82, 2.24) is 4.98 Å². The monoisotopic (exact) mass is 347 g/mol. The van der Waals surface area contributed by atoms with Crippen LogP contribution in [0.3, 0.4) is 0 Å². The average Bonchev–Trinajstić information content (AvgIpc) is 3.23. The van der Waals surface area contributed by atoms with Crippen LogP contribution in [0.15, 0.2) is 29.8 Å². The molecule has 0 saturated carbocycles. The Morgan fingerprint density at radius 2 is 2.21 bits per heavy atom. The van der Waals surface area contributed by atoms with E-state index in [4.69, 9.17) is 9.47 Å². The van der Waals surface area contributed by atoms with Gasteiger partial charge in [-0.15, -0.1) is 11.3 Å². The van der Waals surface area contributed by atoms with Crippen molar-refractivity contribution in [3.8, 4) is 11.5 Å². The summed E-state index contributed by atoms with van der Waals surface area (Å²) in [6, 6.07) is 5.23. The first-order chi connectivity index (χ1) is 11.6. The van der Waals surface area contributed by atoms with Gasteiger partial charge >= 0.3 is 0 Å². The lowest BCUT2D eigenvalue weighted by Crippen LogP contribution is -2.28. The first-order valence-electron chi connectivity index (χ1n) is 7.35. The van der Waals surface area contributed by atoms with Crippen molar-refractivity contribution in [3.05, 3.63) is 29.8 Å². The molecule has 3 rings (SSSR count). The van der Waals surface area contributed by atoms with Gasteiger partial charge in [-0.3, -0.25) is 9.59 Å². The third kappa shape index (κ3) is 3.18. The van der Waals surface area contributed by atoms with Gasteiger partial charge in [0, 0.05) is 30.6 Å². The average molecular weight is 347 g/mol. The van der Waals surface area contributed by atoms with Crippen LogP contribution in [0.4, 0.5) is 10.8 Å². The van der Waals surface area contributed by atoms with Crippen LogP contribution in [0.25, 0.3) is 0 Å². The second-order valence-electron chi connectivity index (χ2n) is 5.27. The summed E-state index contributed by atoms with van der Waals surface area (Å²) >= 11 is 1.34. The van der Waals surface area contributed by atoms with Gasteiger partial charge in [0.2, 0.25) is 11.8 Å². The zero-order valence-electron chi connectivity index (χ0n) is 13.3. The van der Waals surface area contributed by atoms with Crippen LogP contribution in [0, 0.1) is 5.92 Å². The summed E-state index contributed by atoms with van der Waals surface area (Å²) in [4.78, 5) is 30.3. The van der Waals surface area contributed by atoms with Crippen molar-refractivity contribution >= 4 is 34.0 Å². The highest BCUT2D eigenvalue weighted by Gasteiger charge is 2.36. The first-order valence-corrected chi connectivity index (χ1v) is 8.23. The van der Waals surface area contributed by atoms with Crippen molar-refractivity contribution in [3.63, 3.8) is 0 Å². The second-order valence-corrected chi connectivity index (χ2v) is 6.16. The zero-order valence-corrected chi connectivity index (χ0v) is 14.1. The maximum Gasteiger partial charge on any atom is 0.231 e. The first kappa shape index (κ1) is 16.3. The number of nitrogens with one attached hydrogen (secondary N) is 1.